The Labute approximate surface area is 99.3 Å². The van der Waals surface area contributed by atoms with Crippen molar-refractivity contribution in [3.8, 4) is 0 Å². The quantitative estimate of drug-likeness (QED) is 0.609. The lowest BCUT2D eigenvalue weighted by Crippen LogP contribution is -2.27. The average molecular weight is 240 g/mol. The van der Waals surface area contributed by atoms with Gasteiger partial charge in [0, 0.05) is 11.9 Å². The van der Waals surface area contributed by atoms with E-state index in [1.165, 1.54) is 11.3 Å². The molecule has 0 saturated heterocycles. The number of amides is 1. The number of nitrogens with zero attached hydrogens (tertiary/aromatic N) is 1. The number of aryl methyl sites for hydroxylation is 1. The first-order valence-electron chi connectivity index (χ1n) is 5.02. The van der Waals surface area contributed by atoms with Crippen LogP contribution >= 0.6 is 11.3 Å². The monoisotopic (exact) mass is 240 g/mol. The maximum absolute atomic E-state index is 11.5. The Morgan fingerprint density at radius 1 is 1.69 bits per heavy atom. The lowest BCUT2D eigenvalue weighted by Gasteiger charge is -2.04. The fourth-order valence-corrected chi connectivity index (χ4v) is 1.63. The number of carbonyl (C=O) groups is 1. The van der Waals surface area contributed by atoms with Gasteiger partial charge in [-0.25, -0.2) is 4.98 Å². The van der Waals surface area contributed by atoms with E-state index in [9.17, 15) is 4.79 Å². The molecule has 0 spiro atoms. The molecule has 1 aromatic heterocycles. The number of rotatable bonds is 6. The van der Waals surface area contributed by atoms with E-state index >= 15 is 0 Å². The van der Waals surface area contributed by atoms with Gasteiger partial charge in [0.05, 0.1) is 18.2 Å². The van der Waals surface area contributed by atoms with Gasteiger partial charge in [-0.3, -0.25) is 4.79 Å². The molecule has 0 aliphatic rings. The van der Waals surface area contributed by atoms with E-state index < -0.39 is 0 Å². The molecule has 16 heavy (non-hydrogen) atoms. The SMILES string of the molecule is C=C(C)COCCNC(=O)c1csc(C)n1. The van der Waals surface area contributed by atoms with Gasteiger partial charge in [-0.1, -0.05) is 12.2 Å². The van der Waals surface area contributed by atoms with Crippen LogP contribution in [0.4, 0.5) is 0 Å². The lowest BCUT2D eigenvalue weighted by atomic mass is 10.4. The number of hydrogen-bond donors (Lipinski definition) is 1. The molecule has 1 amide bonds. The van der Waals surface area contributed by atoms with Crippen molar-refractivity contribution in [3.05, 3.63) is 28.2 Å². The molecule has 0 aromatic carbocycles. The van der Waals surface area contributed by atoms with Gasteiger partial charge in [0.25, 0.3) is 5.91 Å². The van der Waals surface area contributed by atoms with E-state index in [4.69, 9.17) is 4.74 Å². The van der Waals surface area contributed by atoms with Gasteiger partial charge < -0.3 is 10.1 Å². The van der Waals surface area contributed by atoms with Crippen molar-refractivity contribution in [1.82, 2.24) is 10.3 Å². The molecule has 1 aromatic rings. The topological polar surface area (TPSA) is 51.2 Å². The van der Waals surface area contributed by atoms with Crippen molar-refractivity contribution >= 4 is 17.2 Å². The lowest BCUT2D eigenvalue weighted by molar-refractivity contribution is 0.0922. The summed E-state index contributed by atoms with van der Waals surface area (Å²) in [5.41, 5.74) is 1.45. The van der Waals surface area contributed by atoms with Crippen LogP contribution in [0.2, 0.25) is 0 Å². The maximum atomic E-state index is 11.5. The van der Waals surface area contributed by atoms with E-state index in [1.807, 2.05) is 13.8 Å². The second-order valence-corrected chi connectivity index (χ2v) is 4.58. The molecule has 0 saturated carbocycles. The van der Waals surface area contributed by atoms with Crippen LogP contribution in [0.3, 0.4) is 0 Å². The van der Waals surface area contributed by atoms with Crippen LogP contribution in [-0.2, 0) is 4.74 Å². The second kappa shape index (κ2) is 6.40. The number of ether oxygens (including phenoxy) is 1. The molecule has 0 bridgehead atoms. The summed E-state index contributed by atoms with van der Waals surface area (Å²) >= 11 is 1.47. The molecule has 5 heteroatoms. The molecule has 1 heterocycles. The summed E-state index contributed by atoms with van der Waals surface area (Å²) in [6.45, 7) is 9.00. The molecule has 4 nitrogen and oxygen atoms in total. The van der Waals surface area contributed by atoms with E-state index in [0.29, 0.717) is 25.5 Å². The molecule has 0 aliphatic carbocycles. The Hall–Kier alpha value is -1.20. The summed E-state index contributed by atoms with van der Waals surface area (Å²) in [6.07, 6.45) is 0. The number of carbonyl (C=O) groups excluding carboxylic acids is 1. The zero-order valence-electron chi connectivity index (χ0n) is 9.58. The Morgan fingerprint density at radius 2 is 2.44 bits per heavy atom. The van der Waals surface area contributed by atoms with Crippen molar-refractivity contribution in [3.63, 3.8) is 0 Å². The Bertz CT molecular complexity index is 374. The molecule has 0 atom stereocenters. The molecular formula is C11H16N2O2S. The number of aromatic nitrogens is 1. The summed E-state index contributed by atoms with van der Waals surface area (Å²) in [4.78, 5) is 15.6. The second-order valence-electron chi connectivity index (χ2n) is 3.52. The summed E-state index contributed by atoms with van der Waals surface area (Å²) in [5.74, 6) is -0.150. The summed E-state index contributed by atoms with van der Waals surface area (Å²) in [5, 5.41) is 5.38. The third kappa shape index (κ3) is 4.55. The highest BCUT2D eigenvalue weighted by atomic mass is 32.1. The molecule has 0 radical (unpaired) electrons. The van der Waals surface area contributed by atoms with E-state index in [2.05, 4.69) is 16.9 Å². The molecule has 0 aliphatic heterocycles. The first kappa shape index (κ1) is 12.9. The Morgan fingerprint density at radius 3 is 3.00 bits per heavy atom. The highest BCUT2D eigenvalue weighted by Gasteiger charge is 2.07. The third-order valence-corrected chi connectivity index (χ3v) is 2.51. The Kier molecular flexibility index (Phi) is 5.14. The van der Waals surface area contributed by atoms with Crippen molar-refractivity contribution < 1.29 is 9.53 Å². The maximum Gasteiger partial charge on any atom is 0.270 e. The van der Waals surface area contributed by atoms with Crippen molar-refractivity contribution in [1.29, 1.82) is 0 Å². The molecule has 0 unspecified atom stereocenters. The van der Waals surface area contributed by atoms with E-state index in [-0.39, 0.29) is 5.91 Å². The van der Waals surface area contributed by atoms with Crippen LogP contribution in [0.25, 0.3) is 0 Å². The number of thiazole rings is 1. The van der Waals surface area contributed by atoms with Crippen LogP contribution in [0.1, 0.15) is 22.4 Å². The van der Waals surface area contributed by atoms with Gasteiger partial charge in [0.2, 0.25) is 0 Å². The van der Waals surface area contributed by atoms with Crippen LogP contribution in [0.5, 0.6) is 0 Å². The van der Waals surface area contributed by atoms with Gasteiger partial charge in [0.15, 0.2) is 0 Å². The minimum Gasteiger partial charge on any atom is -0.375 e. The zero-order valence-corrected chi connectivity index (χ0v) is 10.4. The molecule has 0 fully saturated rings. The minimum absolute atomic E-state index is 0.150. The fraction of sp³-hybridized carbons (Fsp3) is 0.455. The summed E-state index contributed by atoms with van der Waals surface area (Å²) in [6, 6.07) is 0. The normalized spacial score (nSPS) is 10.1. The van der Waals surface area contributed by atoms with Gasteiger partial charge in [-0.15, -0.1) is 11.3 Å². The van der Waals surface area contributed by atoms with Crippen LogP contribution < -0.4 is 5.32 Å². The largest absolute Gasteiger partial charge is 0.375 e. The predicted octanol–water partition coefficient (Wildman–Crippen LogP) is 1.77. The predicted molar refractivity (Wildman–Crippen MR) is 64.8 cm³/mol. The van der Waals surface area contributed by atoms with Crippen LogP contribution in [-0.4, -0.2) is 30.6 Å². The van der Waals surface area contributed by atoms with Crippen LogP contribution in [0.15, 0.2) is 17.5 Å². The average Bonchev–Trinajstić information content (AvgIpc) is 2.63. The van der Waals surface area contributed by atoms with E-state index in [0.717, 1.165) is 10.6 Å². The van der Waals surface area contributed by atoms with E-state index in [1.54, 1.807) is 5.38 Å². The number of hydrogen-bond acceptors (Lipinski definition) is 4. The molecule has 88 valence electrons. The van der Waals surface area contributed by atoms with Gasteiger partial charge in [-0.2, -0.15) is 0 Å². The van der Waals surface area contributed by atoms with Crippen molar-refractivity contribution in [2.45, 2.75) is 13.8 Å². The third-order valence-electron chi connectivity index (χ3n) is 1.73. The molecule has 1 rings (SSSR count). The number of nitrogens with one attached hydrogen (secondary N) is 1. The van der Waals surface area contributed by atoms with Gasteiger partial charge in [0.1, 0.15) is 5.69 Å². The summed E-state index contributed by atoms with van der Waals surface area (Å²) < 4.78 is 5.25. The van der Waals surface area contributed by atoms with Gasteiger partial charge in [-0.05, 0) is 13.8 Å². The van der Waals surface area contributed by atoms with Crippen molar-refractivity contribution in [2.24, 2.45) is 0 Å². The van der Waals surface area contributed by atoms with Gasteiger partial charge >= 0.3 is 0 Å². The molecular weight excluding hydrogens is 224 g/mol. The highest BCUT2D eigenvalue weighted by molar-refractivity contribution is 7.09. The fourth-order valence-electron chi connectivity index (χ4n) is 1.04. The van der Waals surface area contributed by atoms with Crippen molar-refractivity contribution in [2.75, 3.05) is 19.8 Å². The zero-order chi connectivity index (χ0) is 12.0. The summed E-state index contributed by atoms with van der Waals surface area (Å²) in [7, 11) is 0. The highest BCUT2D eigenvalue weighted by Crippen LogP contribution is 2.07. The minimum atomic E-state index is -0.150. The first-order valence-corrected chi connectivity index (χ1v) is 5.90. The standard InChI is InChI=1S/C11H16N2O2S/c1-8(2)6-15-5-4-12-11(14)10-7-16-9(3)13-10/h7H,1,4-6H2,2-3H3,(H,12,14). The van der Waals surface area contributed by atoms with Crippen LogP contribution in [0, 0.1) is 6.92 Å². The first-order chi connectivity index (χ1) is 7.59. The Balaban J connectivity index is 2.18. The molecule has 1 N–H and O–H groups in total. The smallest absolute Gasteiger partial charge is 0.270 e.